The van der Waals surface area contributed by atoms with E-state index in [0.29, 0.717) is 16.7 Å². The molecular weight excluding hydrogens is 274 g/mol. The van der Waals surface area contributed by atoms with Crippen LogP contribution in [0, 0.1) is 25.2 Å². The number of thioether (sulfide) groups is 1. The van der Waals surface area contributed by atoms with Gasteiger partial charge in [-0.2, -0.15) is 0 Å². The zero-order valence-electron chi connectivity index (χ0n) is 14.5. The van der Waals surface area contributed by atoms with Crippen LogP contribution in [-0.4, -0.2) is 18.3 Å². The monoisotopic (exact) mass is 305 g/mol. The Hall–Kier alpha value is -0.470. The van der Waals surface area contributed by atoms with Gasteiger partial charge in [0.1, 0.15) is 0 Å². The van der Waals surface area contributed by atoms with Gasteiger partial charge in [0.05, 0.1) is 0 Å². The summed E-state index contributed by atoms with van der Waals surface area (Å²) >= 11 is 2.09. The van der Waals surface area contributed by atoms with E-state index < -0.39 is 0 Å². The zero-order chi connectivity index (χ0) is 15.6. The lowest BCUT2D eigenvalue weighted by Crippen LogP contribution is -2.43. The third-order valence-electron chi connectivity index (χ3n) is 5.00. The Morgan fingerprint density at radius 3 is 2.43 bits per heavy atom. The Morgan fingerprint density at radius 2 is 1.86 bits per heavy atom. The van der Waals surface area contributed by atoms with E-state index in [9.17, 15) is 0 Å². The Bertz CT molecular complexity index is 475. The highest BCUT2D eigenvalue weighted by atomic mass is 32.2. The summed E-state index contributed by atoms with van der Waals surface area (Å²) in [6, 6.07) is 7.51. The third kappa shape index (κ3) is 4.26. The van der Waals surface area contributed by atoms with Crippen molar-refractivity contribution in [3.8, 4) is 0 Å². The minimum atomic E-state index is 0.430. The summed E-state index contributed by atoms with van der Waals surface area (Å²) in [5.41, 5.74) is 3.21. The van der Waals surface area contributed by atoms with Gasteiger partial charge in [-0.3, -0.25) is 0 Å². The fraction of sp³-hybridized carbons (Fsp3) is 0.684. The van der Waals surface area contributed by atoms with E-state index in [0.717, 1.165) is 5.92 Å². The first-order chi connectivity index (χ1) is 9.81. The number of hydrogen-bond donors (Lipinski definition) is 1. The average molecular weight is 306 g/mol. The van der Waals surface area contributed by atoms with Gasteiger partial charge in [-0.15, -0.1) is 11.8 Å². The standard InChI is InChI=1S/C19H31NS/c1-13-7-10-17(14(2)11-13)21-18-12-15(19(3,4)5)8-9-16(18)20-6/h7,10-11,15-16,18,20H,8-9,12H2,1-6H3. The number of nitrogens with one attached hydrogen (secondary N) is 1. The highest BCUT2D eigenvalue weighted by Gasteiger charge is 2.35. The Morgan fingerprint density at radius 1 is 1.14 bits per heavy atom. The van der Waals surface area contributed by atoms with Gasteiger partial charge in [0.15, 0.2) is 0 Å². The lowest BCUT2D eigenvalue weighted by Gasteiger charge is -2.41. The molecule has 3 unspecified atom stereocenters. The molecule has 1 aliphatic rings. The van der Waals surface area contributed by atoms with Crippen molar-refractivity contribution in [1.82, 2.24) is 5.32 Å². The molecular formula is C19H31NS. The van der Waals surface area contributed by atoms with Crippen molar-refractivity contribution in [3.63, 3.8) is 0 Å². The molecule has 21 heavy (non-hydrogen) atoms. The maximum absolute atomic E-state index is 3.56. The summed E-state index contributed by atoms with van der Waals surface area (Å²) in [5.74, 6) is 0.838. The largest absolute Gasteiger partial charge is 0.316 e. The molecule has 0 heterocycles. The van der Waals surface area contributed by atoms with Crippen LogP contribution in [-0.2, 0) is 0 Å². The Balaban J connectivity index is 2.14. The van der Waals surface area contributed by atoms with Crippen LogP contribution in [0.2, 0.25) is 0 Å². The Kier molecular flexibility index (Phi) is 5.43. The predicted molar refractivity (Wildman–Crippen MR) is 95.2 cm³/mol. The summed E-state index contributed by atoms with van der Waals surface area (Å²) in [4.78, 5) is 1.46. The minimum Gasteiger partial charge on any atom is -0.316 e. The van der Waals surface area contributed by atoms with Crippen LogP contribution in [0.1, 0.15) is 51.2 Å². The van der Waals surface area contributed by atoms with Gasteiger partial charge in [0.25, 0.3) is 0 Å². The molecule has 118 valence electrons. The first kappa shape index (κ1) is 16.9. The van der Waals surface area contributed by atoms with Gasteiger partial charge in [-0.1, -0.05) is 38.5 Å². The summed E-state index contributed by atoms with van der Waals surface area (Å²) < 4.78 is 0. The zero-order valence-corrected chi connectivity index (χ0v) is 15.3. The van der Waals surface area contributed by atoms with Crippen molar-refractivity contribution in [1.29, 1.82) is 0 Å². The van der Waals surface area contributed by atoms with Crippen LogP contribution in [0.25, 0.3) is 0 Å². The second kappa shape index (κ2) is 6.75. The predicted octanol–water partition coefficient (Wildman–Crippen LogP) is 5.20. The number of benzene rings is 1. The number of hydrogen-bond acceptors (Lipinski definition) is 2. The second-order valence-electron chi connectivity index (χ2n) is 7.70. The highest BCUT2D eigenvalue weighted by molar-refractivity contribution is 8.00. The van der Waals surface area contributed by atoms with Crippen LogP contribution >= 0.6 is 11.8 Å². The van der Waals surface area contributed by atoms with E-state index in [-0.39, 0.29) is 0 Å². The molecule has 1 aromatic carbocycles. The van der Waals surface area contributed by atoms with Gasteiger partial charge in [0, 0.05) is 16.2 Å². The highest BCUT2D eigenvalue weighted by Crippen LogP contribution is 2.43. The fourth-order valence-electron chi connectivity index (χ4n) is 3.47. The molecule has 1 aromatic rings. The van der Waals surface area contributed by atoms with E-state index in [1.165, 1.54) is 35.3 Å². The van der Waals surface area contributed by atoms with E-state index >= 15 is 0 Å². The van der Waals surface area contributed by atoms with Crippen LogP contribution in [0.3, 0.4) is 0 Å². The van der Waals surface area contributed by atoms with Crippen molar-refractivity contribution in [2.75, 3.05) is 7.05 Å². The van der Waals surface area contributed by atoms with Crippen LogP contribution < -0.4 is 5.32 Å². The maximum Gasteiger partial charge on any atom is 0.0251 e. The van der Waals surface area contributed by atoms with Gasteiger partial charge in [-0.25, -0.2) is 0 Å². The molecule has 3 atom stereocenters. The van der Waals surface area contributed by atoms with Crippen molar-refractivity contribution in [2.24, 2.45) is 11.3 Å². The number of rotatable bonds is 3. The summed E-state index contributed by atoms with van der Waals surface area (Å²) in [7, 11) is 2.12. The molecule has 0 spiro atoms. The molecule has 0 radical (unpaired) electrons. The molecule has 2 rings (SSSR count). The molecule has 0 aliphatic heterocycles. The average Bonchev–Trinajstić information content (AvgIpc) is 2.41. The quantitative estimate of drug-likeness (QED) is 0.824. The molecule has 0 saturated heterocycles. The lowest BCUT2D eigenvalue weighted by atomic mass is 9.71. The van der Waals surface area contributed by atoms with E-state index in [1.54, 1.807) is 0 Å². The topological polar surface area (TPSA) is 12.0 Å². The summed E-state index contributed by atoms with van der Waals surface area (Å²) in [5, 5.41) is 4.25. The van der Waals surface area contributed by atoms with Gasteiger partial charge >= 0.3 is 0 Å². The maximum atomic E-state index is 3.56. The SMILES string of the molecule is CNC1CCC(C(C)(C)C)CC1Sc1ccc(C)cc1C. The van der Waals surface area contributed by atoms with Crippen molar-refractivity contribution >= 4 is 11.8 Å². The number of aryl methyl sites for hydroxylation is 2. The fourth-order valence-corrected chi connectivity index (χ4v) is 4.95. The van der Waals surface area contributed by atoms with Gasteiger partial charge in [-0.05, 0) is 63.1 Å². The molecule has 0 amide bonds. The molecule has 0 aromatic heterocycles. The third-order valence-corrected chi connectivity index (χ3v) is 6.53. The first-order valence-electron chi connectivity index (χ1n) is 8.22. The van der Waals surface area contributed by atoms with Crippen molar-refractivity contribution in [3.05, 3.63) is 29.3 Å². The van der Waals surface area contributed by atoms with Gasteiger partial charge < -0.3 is 5.32 Å². The molecule has 1 fully saturated rings. The second-order valence-corrected chi connectivity index (χ2v) is 8.98. The lowest BCUT2D eigenvalue weighted by molar-refractivity contribution is 0.167. The van der Waals surface area contributed by atoms with E-state index in [2.05, 4.69) is 76.9 Å². The molecule has 1 nitrogen and oxygen atoms in total. The molecule has 0 bridgehead atoms. The van der Waals surface area contributed by atoms with Crippen LogP contribution in [0.5, 0.6) is 0 Å². The molecule has 2 heteroatoms. The first-order valence-corrected chi connectivity index (χ1v) is 9.10. The smallest absolute Gasteiger partial charge is 0.0251 e. The summed E-state index contributed by atoms with van der Waals surface area (Å²) in [6.45, 7) is 11.6. The molecule has 1 saturated carbocycles. The van der Waals surface area contributed by atoms with Gasteiger partial charge in [0.2, 0.25) is 0 Å². The normalized spacial score (nSPS) is 26.9. The van der Waals surface area contributed by atoms with E-state index in [4.69, 9.17) is 0 Å². The van der Waals surface area contributed by atoms with Crippen molar-refractivity contribution in [2.45, 2.75) is 70.1 Å². The van der Waals surface area contributed by atoms with Crippen LogP contribution in [0.4, 0.5) is 0 Å². The van der Waals surface area contributed by atoms with Crippen molar-refractivity contribution < 1.29 is 0 Å². The molecule has 1 N–H and O–H groups in total. The summed E-state index contributed by atoms with van der Waals surface area (Å²) in [6.07, 6.45) is 3.99. The Labute approximate surface area is 135 Å². The minimum absolute atomic E-state index is 0.430. The van der Waals surface area contributed by atoms with Crippen LogP contribution in [0.15, 0.2) is 23.1 Å². The molecule has 1 aliphatic carbocycles. The van der Waals surface area contributed by atoms with E-state index in [1.807, 2.05) is 0 Å².